The molecule has 0 aliphatic heterocycles. The van der Waals surface area contributed by atoms with Crippen molar-refractivity contribution in [1.29, 1.82) is 0 Å². The molecule has 3 aromatic carbocycles. The van der Waals surface area contributed by atoms with Gasteiger partial charge in [-0.1, -0.05) is 35.3 Å². The molecule has 0 unspecified atom stereocenters. The Balaban J connectivity index is 1.85. The van der Waals surface area contributed by atoms with E-state index in [-0.39, 0.29) is 17.1 Å². The Bertz CT molecular complexity index is 1320. The SMILES string of the molecule is O=C(NO)c1ccc2c(=O)n(-c3ccc(Cl)cc3)c(NCc3ccc(Cl)cc3)nc2c1. The minimum Gasteiger partial charge on any atom is -0.351 e. The van der Waals surface area contributed by atoms with Crippen molar-refractivity contribution in [3.63, 3.8) is 0 Å². The molecule has 0 spiro atoms. The van der Waals surface area contributed by atoms with Crippen LogP contribution in [-0.2, 0) is 6.54 Å². The highest BCUT2D eigenvalue weighted by Crippen LogP contribution is 2.20. The van der Waals surface area contributed by atoms with Crippen molar-refractivity contribution in [1.82, 2.24) is 15.0 Å². The second kappa shape index (κ2) is 8.77. The summed E-state index contributed by atoms with van der Waals surface area (Å²) in [6.45, 7) is 0.388. The lowest BCUT2D eigenvalue weighted by molar-refractivity contribution is 0.0706. The number of anilines is 1. The Morgan fingerprint density at radius 1 is 0.968 bits per heavy atom. The number of fused-ring (bicyclic) bond motifs is 1. The smallest absolute Gasteiger partial charge is 0.274 e. The van der Waals surface area contributed by atoms with E-state index in [0.717, 1.165) is 5.56 Å². The Hall–Kier alpha value is -3.39. The van der Waals surface area contributed by atoms with Gasteiger partial charge in [-0.15, -0.1) is 0 Å². The van der Waals surface area contributed by atoms with Crippen molar-refractivity contribution in [2.75, 3.05) is 5.32 Å². The Morgan fingerprint density at radius 3 is 2.26 bits per heavy atom. The fraction of sp³-hybridized carbons (Fsp3) is 0.0455. The highest BCUT2D eigenvalue weighted by molar-refractivity contribution is 6.30. The summed E-state index contributed by atoms with van der Waals surface area (Å²) in [7, 11) is 0. The molecule has 9 heteroatoms. The van der Waals surface area contributed by atoms with Crippen molar-refractivity contribution < 1.29 is 10.0 Å². The summed E-state index contributed by atoms with van der Waals surface area (Å²) in [6.07, 6.45) is 0. The number of amides is 1. The zero-order valence-corrected chi connectivity index (χ0v) is 17.5. The number of halogens is 2. The van der Waals surface area contributed by atoms with E-state index in [9.17, 15) is 9.59 Å². The molecular weight excluding hydrogens is 439 g/mol. The first-order chi connectivity index (χ1) is 15.0. The predicted octanol–water partition coefficient (Wildman–Crippen LogP) is 4.42. The van der Waals surface area contributed by atoms with E-state index in [0.29, 0.717) is 33.2 Å². The van der Waals surface area contributed by atoms with E-state index >= 15 is 0 Å². The van der Waals surface area contributed by atoms with Crippen LogP contribution in [0, 0.1) is 0 Å². The normalized spacial score (nSPS) is 10.8. The highest BCUT2D eigenvalue weighted by atomic mass is 35.5. The highest BCUT2D eigenvalue weighted by Gasteiger charge is 2.15. The summed E-state index contributed by atoms with van der Waals surface area (Å²) in [5, 5.41) is 13.6. The second-order valence-electron chi connectivity index (χ2n) is 6.71. The van der Waals surface area contributed by atoms with Gasteiger partial charge in [-0.3, -0.25) is 14.8 Å². The number of nitrogens with zero attached hydrogens (tertiary/aromatic N) is 2. The second-order valence-corrected chi connectivity index (χ2v) is 7.58. The Morgan fingerprint density at radius 2 is 1.61 bits per heavy atom. The van der Waals surface area contributed by atoms with Crippen molar-refractivity contribution in [2.45, 2.75) is 6.54 Å². The maximum Gasteiger partial charge on any atom is 0.274 e. The average molecular weight is 455 g/mol. The third-order valence-corrected chi connectivity index (χ3v) is 5.19. The maximum atomic E-state index is 13.3. The largest absolute Gasteiger partial charge is 0.351 e. The molecule has 0 saturated carbocycles. The van der Waals surface area contributed by atoms with Crippen LogP contribution in [0.1, 0.15) is 15.9 Å². The Labute approximate surface area is 186 Å². The van der Waals surface area contributed by atoms with Crippen LogP contribution in [0.15, 0.2) is 71.5 Å². The molecule has 0 radical (unpaired) electrons. The quantitative estimate of drug-likeness (QED) is 0.306. The van der Waals surface area contributed by atoms with E-state index in [1.807, 2.05) is 12.1 Å². The van der Waals surface area contributed by atoms with Gasteiger partial charge in [0.1, 0.15) is 0 Å². The summed E-state index contributed by atoms with van der Waals surface area (Å²) in [6, 6.07) is 18.5. The van der Waals surface area contributed by atoms with Crippen LogP contribution in [0.2, 0.25) is 10.0 Å². The van der Waals surface area contributed by atoms with Crippen LogP contribution in [0.3, 0.4) is 0 Å². The molecule has 1 aromatic heterocycles. The fourth-order valence-electron chi connectivity index (χ4n) is 3.12. The molecule has 156 valence electrons. The van der Waals surface area contributed by atoms with Crippen LogP contribution in [0.25, 0.3) is 16.6 Å². The molecule has 0 fully saturated rings. The number of rotatable bonds is 5. The van der Waals surface area contributed by atoms with E-state index in [1.54, 1.807) is 41.9 Å². The van der Waals surface area contributed by atoms with Crippen molar-refractivity contribution in [2.24, 2.45) is 0 Å². The summed E-state index contributed by atoms with van der Waals surface area (Å²) >= 11 is 11.9. The van der Waals surface area contributed by atoms with Crippen molar-refractivity contribution >= 4 is 46.0 Å². The third-order valence-electron chi connectivity index (χ3n) is 4.68. The summed E-state index contributed by atoms with van der Waals surface area (Å²) in [4.78, 5) is 29.7. The molecule has 7 nitrogen and oxygen atoms in total. The number of hydrogen-bond donors (Lipinski definition) is 3. The minimum absolute atomic E-state index is 0.176. The summed E-state index contributed by atoms with van der Waals surface area (Å²) in [5.74, 6) is -0.405. The first-order valence-corrected chi connectivity index (χ1v) is 9.97. The Kier molecular flexibility index (Phi) is 5.90. The molecule has 0 saturated heterocycles. The van der Waals surface area contributed by atoms with Gasteiger partial charge in [0, 0.05) is 22.2 Å². The van der Waals surface area contributed by atoms with E-state index in [4.69, 9.17) is 28.4 Å². The summed E-state index contributed by atoms with van der Waals surface area (Å²) < 4.78 is 1.44. The molecule has 0 atom stereocenters. The van der Waals surface area contributed by atoms with Gasteiger partial charge >= 0.3 is 0 Å². The molecule has 1 amide bonds. The molecule has 31 heavy (non-hydrogen) atoms. The lowest BCUT2D eigenvalue weighted by Gasteiger charge is -2.15. The number of nitrogens with one attached hydrogen (secondary N) is 2. The first kappa shape index (κ1) is 20.9. The molecule has 0 bridgehead atoms. The third kappa shape index (κ3) is 4.39. The standard InChI is InChI=1S/C22H16Cl2N4O3/c23-15-4-1-13(2-5-15)12-25-22-26-19-11-14(20(29)27-31)3-10-18(19)21(30)28(22)17-8-6-16(24)7-9-17/h1-11,31H,12H2,(H,25,26)(H,27,29). The molecule has 0 aliphatic carbocycles. The van der Waals surface area contributed by atoms with Crippen LogP contribution in [0.5, 0.6) is 0 Å². The van der Waals surface area contributed by atoms with E-state index in [1.165, 1.54) is 22.8 Å². The van der Waals surface area contributed by atoms with Gasteiger partial charge in [-0.2, -0.15) is 0 Å². The van der Waals surface area contributed by atoms with Gasteiger partial charge in [-0.05, 0) is 60.2 Å². The molecule has 1 heterocycles. The number of carbonyl (C=O) groups is 1. The lowest BCUT2D eigenvalue weighted by atomic mass is 10.1. The molecule has 4 aromatic rings. The van der Waals surface area contributed by atoms with E-state index < -0.39 is 5.91 Å². The fourth-order valence-corrected chi connectivity index (χ4v) is 3.38. The first-order valence-electron chi connectivity index (χ1n) is 9.22. The van der Waals surface area contributed by atoms with Gasteiger partial charge in [0.05, 0.1) is 16.6 Å². The maximum absolute atomic E-state index is 13.3. The number of benzene rings is 3. The van der Waals surface area contributed by atoms with Crippen LogP contribution in [0.4, 0.5) is 5.95 Å². The number of hydrogen-bond acceptors (Lipinski definition) is 5. The van der Waals surface area contributed by atoms with Gasteiger partial charge in [0.25, 0.3) is 11.5 Å². The van der Waals surface area contributed by atoms with Crippen LogP contribution in [-0.4, -0.2) is 20.7 Å². The topological polar surface area (TPSA) is 96.3 Å². The predicted molar refractivity (Wildman–Crippen MR) is 120 cm³/mol. The molecule has 3 N–H and O–H groups in total. The molecule has 0 aliphatic rings. The minimum atomic E-state index is -0.693. The van der Waals surface area contributed by atoms with Gasteiger partial charge in [-0.25, -0.2) is 15.0 Å². The van der Waals surface area contributed by atoms with Crippen molar-refractivity contribution in [3.05, 3.63) is 98.3 Å². The summed E-state index contributed by atoms with van der Waals surface area (Å²) in [5.41, 5.74) is 3.28. The van der Waals surface area contributed by atoms with Crippen LogP contribution >= 0.6 is 23.2 Å². The van der Waals surface area contributed by atoms with E-state index in [2.05, 4.69) is 10.3 Å². The lowest BCUT2D eigenvalue weighted by Crippen LogP contribution is -2.24. The number of carbonyl (C=O) groups excluding carboxylic acids is 1. The molecular formula is C22H16Cl2N4O3. The number of hydroxylamine groups is 1. The molecule has 4 rings (SSSR count). The zero-order chi connectivity index (χ0) is 22.0. The zero-order valence-electron chi connectivity index (χ0n) is 16.0. The van der Waals surface area contributed by atoms with Crippen molar-refractivity contribution in [3.8, 4) is 5.69 Å². The van der Waals surface area contributed by atoms with Gasteiger partial charge in [0.2, 0.25) is 5.95 Å². The van der Waals surface area contributed by atoms with Gasteiger partial charge in [0.15, 0.2) is 0 Å². The van der Waals surface area contributed by atoms with Gasteiger partial charge < -0.3 is 5.32 Å². The van der Waals surface area contributed by atoms with Crippen LogP contribution < -0.4 is 16.4 Å². The number of aromatic nitrogens is 2. The monoisotopic (exact) mass is 454 g/mol. The average Bonchev–Trinajstić information content (AvgIpc) is 2.79.